The molecule has 0 saturated heterocycles. The molecule has 0 fully saturated rings. The highest BCUT2D eigenvalue weighted by atomic mass is 79.9. The first-order chi connectivity index (χ1) is 9.20. The molecule has 0 aliphatic carbocycles. The van der Waals surface area contributed by atoms with Gasteiger partial charge < -0.3 is 5.32 Å². The van der Waals surface area contributed by atoms with Gasteiger partial charge in [-0.2, -0.15) is 5.26 Å². The van der Waals surface area contributed by atoms with Crippen molar-refractivity contribution >= 4 is 15.9 Å². The Morgan fingerprint density at radius 2 is 2.05 bits per heavy atom. The second-order valence-electron chi connectivity index (χ2n) is 3.96. The number of nitriles is 1. The number of nitrogens with zero attached hydrogens (tertiary/aromatic N) is 2. The van der Waals surface area contributed by atoms with Gasteiger partial charge in [-0.05, 0) is 29.8 Å². The molecule has 5 heteroatoms. The zero-order chi connectivity index (χ0) is 13.7. The Morgan fingerprint density at radius 1 is 1.26 bits per heavy atom. The summed E-state index contributed by atoms with van der Waals surface area (Å²) in [5.41, 5.74) is 2.08. The van der Waals surface area contributed by atoms with Gasteiger partial charge in [0.2, 0.25) is 0 Å². The second kappa shape index (κ2) is 6.41. The molecule has 0 aliphatic heterocycles. The third-order valence-electron chi connectivity index (χ3n) is 2.64. The van der Waals surface area contributed by atoms with Crippen LogP contribution in [-0.2, 0) is 13.1 Å². The van der Waals surface area contributed by atoms with Crippen molar-refractivity contribution in [1.29, 1.82) is 5.26 Å². The van der Waals surface area contributed by atoms with Crippen molar-refractivity contribution in [2.24, 2.45) is 0 Å². The summed E-state index contributed by atoms with van der Waals surface area (Å²) in [7, 11) is 0. The van der Waals surface area contributed by atoms with Crippen LogP contribution in [-0.4, -0.2) is 4.98 Å². The quantitative estimate of drug-likeness (QED) is 0.941. The molecule has 19 heavy (non-hydrogen) atoms. The minimum absolute atomic E-state index is 0.265. The normalized spacial score (nSPS) is 10.2. The first-order valence-electron chi connectivity index (χ1n) is 5.69. The first kappa shape index (κ1) is 13.7. The van der Waals surface area contributed by atoms with Gasteiger partial charge in [-0.1, -0.05) is 22.0 Å². The van der Waals surface area contributed by atoms with Gasteiger partial charge in [-0.15, -0.1) is 0 Å². The average Bonchev–Trinajstić information content (AvgIpc) is 2.43. The van der Waals surface area contributed by atoms with Crippen molar-refractivity contribution < 1.29 is 4.39 Å². The van der Waals surface area contributed by atoms with E-state index >= 15 is 0 Å². The number of aromatic nitrogens is 1. The Bertz CT molecular complexity index is 622. The lowest BCUT2D eigenvalue weighted by atomic mass is 10.2. The highest BCUT2D eigenvalue weighted by Gasteiger charge is 2.04. The molecule has 0 amide bonds. The third kappa shape index (κ3) is 3.60. The molecule has 0 bridgehead atoms. The van der Waals surface area contributed by atoms with Crippen LogP contribution < -0.4 is 5.32 Å². The number of rotatable bonds is 4. The number of pyridine rings is 1. The monoisotopic (exact) mass is 319 g/mol. The van der Waals surface area contributed by atoms with Crippen molar-refractivity contribution in [2.75, 3.05) is 0 Å². The molecule has 2 aromatic rings. The van der Waals surface area contributed by atoms with E-state index in [1.807, 2.05) is 12.1 Å². The molecule has 96 valence electrons. The summed E-state index contributed by atoms with van der Waals surface area (Å²) >= 11 is 3.37. The van der Waals surface area contributed by atoms with Crippen LogP contribution in [0.15, 0.2) is 41.0 Å². The fraction of sp³-hybridized carbons (Fsp3) is 0.143. The largest absolute Gasteiger partial charge is 0.308 e. The standard InChI is InChI=1S/C14H11BrFN3/c15-13-4-3-12(16)6-11(13)9-18-8-10-2-1-5-19-14(10)7-17/h1-6,18H,8-9H2. The maximum atomic E-state index is 13.1. The van der Waals surface area contributed by atoms with E-state index in [-0.39, 0.29) is 5.82 Å². The topological polar surface area (TPSA) is 48.7 Å². The van der Waals surface area contributed by atoms with Crippen LogP contribution in [0.4, 0.5) is 4.39 Å². The third-order valence-corrected chi connectivity index (χ3v) is 3.41. The van der Waals surface area contributed by atoms with Crippen LogP contribution >= 0.6 is 15.9 Å². The molecule has 1 aromatic carbocycles. The number of hydrogen-bond donors (Lipinski definition) is 1. The lowest BCUT2D eigenvalue weighted by Crippen LogP contribution is -2.14. The first-order valence-corrected chi connectivity index (χ1v) is 6.48. The van der Waals surface area contributed by atoms with Gasteiger partial charge in [0.15, 0.2) is 0 Å². The summed E-state index contributed by atoms with van der Waals surface area (Å²) in [5, 5.41) is 12.1. The predicted molar refractivity (Wildman–Crippen MR) is 73.6 cm³/mol. The molecule has 0 atom stereocenters. The predicted octanol–water partition coefficient (Wildman–Crippen LogP) is 3.14. The molecular weight excluding hydrogens is 309 g/mol. The van der Waals surface area contributed by atoms with Gasteiger partial charge in [0.05, 0.1) is 0 Å². The van der Waals surface area contributed by atoms with Gasteiger partial charge in [0.25, 0.3) is 0 Å². The van der Waals surface area contributed by atoms with E-state index in [4.69, 9.17) is 5.26 Å². The van der Waals surface area contributed by atoms with Gasteiger partial charge in [-0.25, -0.2) is 9.37 Å². The van der Waals surface area contributed by atoms with E-state index in [1.165, 1.54) is 12.1 Å². The molecule has 3 nitrogen and oxygen atoms in total. The van der Waals surface area contributed by atoms with Crippen LogP contribution in [0.3, 0.4) is 0 Å². The van der Waals surface area contributed by atoms with Crippen LogP contribution in [0, 0.1) is 17.1 Å². The average molecular weight is 320 g/mol. The minimum Gasteiger partial charge on any atom is -0.308 e. The van der Waals surface area contributed by atoms with Crippen molar-refractivity contribution in [3.05, 3.63) is 63.6 Å². The zero-order valence-corrected chi connectivity index (χ0v) is 11.6. The summed E-state index contributed by atoms with van der Waals surface area (Å²) < 4.78 is 14.0. The SMILES string of the molecule is N#Cc1ncccc1CNCc1cc(F)ccc1Br. The fourth-order valence-electron chi connectivity index (χ4n) is 1.69. The molecule has 0 aliphatic rings. The van der Waals surface area contributed by atoms with Crippen molar-refractivity contribution in [1.82, 2.24) is 10.3 Å². The zero-order valence-electron chi connectivity index (χ0n) is 10.0. The maximum Gasteiger partial charge on any atom is 0.144 e. The minimum atomic E-state index is -0.265. The van der Waals surface area contributed by atoms with Crippen LogP contribution in [0.5, 0.6) is 0 Å². The second-order valence-corrected chi connectivity index (χ2v) is 4.82. The fourth-order valence-corrected chi connectivity index (χ4v) is 2.08. The van der Waals surface area contributed by atoms with Crippen LogP contribution in [0.25, 0.3) is 0 Å². The lowest BCUT2D eigenvalue weighted by Gasteiger charge is -2.08. The van der Waals surface area contributed by atoms with Crippen LogP contribution in [0.1, 0.15) is 16.8 Å². The number of halogens is 2. The lowest BCUT2D eigenvalue weighted by molar-refractivity contribution is 0.619. The summed E-state index contributed by atoms with van der Waals surface area (Å²) in [5.74, 6) is -0.265. The summed E-state index contributed by atoms with van der Waals surface area (Å²) in [6.07, 6.45) is 1.59. The Kier molecular flexibility index (Phi) is 4.61. The maximum absolute atomic E-state index is 13.1. The molecular formula is C14H11BrFN3. The molecule has 0 saturated carbocycles. The number of benzene rings is 1. The summed E-state index contributed by atoms with van der Waals surface area (Å²) in [4.78, 5) is 3.98. The molecule has 1 N–H and O–H groups in total. The highest BCUT2D eigenvalue weighted by Crippen LogP contribution is 2.17. The Balaban J connectivity index is 2.01. The molecule has 1 heterocycles. The summed E-state index contributed by atoms with van der Waals surface area (Å²) in [6.45, 7) is 1.03. The molecule has 1 aromatic heterocycles. The van der Waals surface area contributed by atoms with Gasteiger partial charge >= 0.3 is 0 Å². The van der Waals surface area contributed by atoms with E-state index < -0.39 is 0 Å². The van der Waals surface area contributed by atoms with Crippen molar-refractivity contribution in [2.45, 2.75) is 13.1 Å². The van der Waals surface area contributed by atoms with Gasteiger partial charge in [0.1, 0.15) is 17.6 Å². The smallest absolute Gasteiger partial charge is 0.144 e. The van der Waals surface area contributed by atoms with E-state index in [1.54, 1.807) is 18.3 Å². The van der Waals surface area contributed by atoms with E-state index in [2.05, 4.69) is 26.2 Å². The van der Waals surface area contributed by atoms with E-state index in [9.17, 15) is 4.39 Å². The van der Waals surface area contributed by atoms with E-state index in [0.29, 0.717) is 18.8 Å². The Morgan fingerprint density at radius 3 is 2.84 bits per heavy atom. The number of nitrogens with one attached hydrogen (secondary N) is 1. The van der Waals surface area contributed by atoms with Gasteiger partial charge in [0, 0.05) is 29.3 Å². The molecule has 0 spiro atoms. The summed E-state index contributed by atoms with van der Waals surface area (Å²) in [6, 6.07) is 10.2. The Labute approximate surface area is 119 Å². The van der Waals surface area contributed by atoms with Crippen molar-refractivity contribution in [3.63, 3.8) is 0 Å². The molecule has 0 radical (unpaired) electrons. The highest BCUT2D eigenvalue weighted by molar-refractivity contribution is 9.10. The number of hydrogen-bond acceptors (Lipinski definition) is 3. The Hall–Kier alpha value is -1.77. The van der Waals surface area contributed by atoms with Crippen molar-refractivity contribution in [3.8, 4) is 6.07 Å². The molecule has 0 unspecified atom stereocenters. The van der Waals surface area contributed by atoms with Crippen LogP contribution in [0.2, 0.25) is 0 Å². The van der Waals surface area contributed by atoms with E-state index in [0.717, 1.165) is 15.6 Å². The molecule has 2 rings (SSSR count). The van der Waals surface area contributed by atoms with Gasteiger partial charge in [-0.3, -0.25) is 0 Å².